The lowest BCUT2D eigenvalue weighted by Gasteiger charge is -2.34. The minimum atomic E-state index is -4.46. The molecule has 0 saturated carbocycles. The Balaban J connectivity index is 1.71. The van der Waals surface area contributed by atoms with Crippen LogP contribution in [0.3, 0.4) is 0 Å². The molecule has 2 aliphatic rings. The highest BCUT2D eigenvalue weighted by molar-refractivity contribution is 6.00. The molecule has 6 heteroatoms. The van der Waals surface area contributed by atoms with Crippen LogP contribution in [0.2, 0.25) is 0 Å². The lowest BCUT2D eigenvalue weighted by atomic mass is 9.82. The number of benzene rings is 2. The molecule has 2 aromatic carbocycles. The first kappa shape index (κ1) is 16.9. The summed E-state index contributed by atoms with van der Waals surface area (Å²) in [5.74, 6) is -0.150. The van der Waals surface area contributed by atoms with Gasteiger partial charge in [0.05, 0.1) is 23.7 Å². The Morgan fingerprint density at radius 1 is 1.15 bits per heavy atom. The van der Waals surface area contributed by atoms with Crippen molar-refractivity contribution in [2.45, 2.75) is 31.4 Å². The number of carbonyl (C=O) groups excluding carboxylic acids is 1. The van der Waals surface area contributed by atoms with Crippen LogP contribution >= 0.6 is 0 Å². The van der Waals surface area contributed by atoms with Gasteiger partial charge in [0.15, 0.2) is 0 Å². The van der Waals surface area contributed by atoms with Gasteiger partial charge in [-0.25, -0.2) is 0 Å². The highest BCUT2D eigenvalue weighted by atomic mass is 19.4. The van der Waals surface area contributed by atoms with Crippen molar-refractivity contribution in [3.05, 3.63) is 59.2 Å². The molecule has 0 fully saturated rings. The number of ether oxygens (including phenoxy) is 1. The maximum Gasteiger partial charge on any atom is 0.416 e. The largest absolute Gasteiger partial charge is 0.490 e. The molecule has 26 heavy (non-hydrogen) atoms. The predicted octanol–water partition coefficient (Wildman–Crippen LogP) is 4.55. The standard InChI is InChI=1S/C20H18F3NO2/c21-20(22,23)14-8-9-18-17(12-14)24(10-11-26-18)19(25)16-7-3-5-13-4-1-2-6-15(13)16/h1-2,4,6,8-9,12,16H,3,5,7,10-11H2. The molecular formula is C20H18F3NO2. The molecule has 3 nitrogen and oxygen atoms in total. The summed E-state index contributed by atoms with van der Waals surface area (Å²) in [4.78, 5) is 14.7. The van der Waals surface area contributed by atoms with Gasteiger partial charge in [0.2, 0.25) is 5.91 Å². The van der Waals surface area contributed by atoms with Gasteiger partial charge in [-0.15, -0.1) is 0 Å². The fraction of sp³-hybridized carbons (Fsp3) is 0.350. The van der Waals surface area contributed by atoms with Crippen LogP contribution in [-0.4, -0.2) is 19.1 Å². The van der Waals surface area contributed by atoms with Gasteiger partial charge in [0.25, 0.3) is 0 Å². The Labute approximate surface area is 149 Å². The van der Waals surface area contributed by atoms with E-state index in [9.17, 15) is 18.0 Å². The van der Waals surface area contributed by atoms with E-state index in [0.29, 0.717) is 12.2 Å². The lowest BCUT2D eigenvalue weighted by Crippen LogP contribution is -2.41. The van der Waals surface area contributed by atoms with Crippen molar-refractivity contribution in [2.24, 2.45) is 0 Å². The molecule has 1 atom stereocenters. The molecule has 1 unspecified atom stereocenters. The molecule has 0 bridgehead atoms. The van der Waals surface area contributed by atoms with Crippen molar-refractivity contribution < 1.29 is 22.7 Å². The Morgan fingerprint density at radius 3 is 2.77 bits per heavy atom. The number of carbonyl (C=O) groups is 1. The first-order valence-corrected chi connectivity index (χ1v) is 8.68. The molecule has 0 N–H and O–H groups in total. The fourth-order valence-electron chi connectivity index (χ4n) is 3.82. The van der Waals surface area contributed by atoms with Gasteiger partial charge in [0.1, 0.15) is 12.4 Å². The molecular weight excluding hydrogens is 343 g/mol. The van der Waals surface area contributed by atoms with Crippen molar-refractivity contribution in [3.8, 4) is 5.75 Å². The molecule has 2 aromatic rings. The number of alkyl halides is 3. The van der Waals surface area contributed by atoms with Gasteiger partial charge in [-0.2, -0.15) is 13.2 Å². The second kappa shape index (κ2) is 6.34. The molecule has 1 heterocycles. The van der Waals surface area contributed by atoms with Crippen LogP contribution in [0.5, 0.6) is 5.75 Å². The van der Waals surface area contributed by atoms with Crippen molar-refractivity contribution in [2.75, 3.05) is 18.1 Å². The second-order valence-corrected chi connectivity index (χ2v) is 6.66. The number of halogens is 3. The fourth-order valence-corrected chi connectivity index (χ4v) is 3.82. The van der Waals surface area contributed by atoms with Gasteiger partial charge in [-0.3, -0.25) is 4.79 Å². The first-order valence-electron chi connectivity index (χ1n) is 8.68. The van der Waals surface area contributed by atoms with Gasteiger partial charge in [-0.1, -0.05) is 24.3 Å². The number of rotatable bonds is 1. The average Bonchev–Trinajstić information content (AvgIpc) is 2.65. The zero-order valence-corrected chi connectivity index (χ0v) is 14.1. The van der Waals surface area contributed by atoms with Crippen molar-refractivity contribution in [3.63, 3.8) is 0 Å². The number of hydrogen-bond acceptors (Lipinski definition) is 2. The maximum atomic E-state index is 13.2. The van der Waals surface area contributed by atoms with Crippen LogP contribution in [-0.2, 0) is 17.4 Å². The zero-order valence-electron chi connectivity index (χ0n) is 14.1. The molecule has 1 aliphatic carbocycles. The summed E-state index contributed by atoms with van der Waals surface area (Å²) < 4.78 is 44.7. The Kier molecular flexibility index (Phi) is 4.13. The molecule has 1 aliphatic heterocycles. The number of aryl methyl sites for hydroxylation is 1. The van der Waals surface area contributed by atoms with Gasteiger partial charge in [-0.05, 0) is 48.6 Å². The highest BCUT2D eigenvalue weighted by Crippen LogP contribution is 2.41. The summed E-state index contributed by atoms with van der Waals surface area (Å²) in [6.07, 6.45) is -1.93. The zero-order chi connectivity index (χ0) is 18.3. The average molecular weight is 361 g/mol. The van der Waals surface area contributed by atoms with Crippen LogP contribution in [0.1, 0.15) is 35.4 Å². The molecule has 136 valence electrons. The van der Waals surface area contributed by atoms with E-state index in [1.54, 1.807) is 0 Å². The number of nitrogens with zero attached hydrogens (tertiary/aromatic N) is 1. The van der Waals surface area contributed by atoms with E-state index in [1.807, 2.05) is 24.3 Å². The third kappa shape index (κ3) is 2.93. The highest BCUT2D eigenvalue weighted by Gasteiger charge is 2.36. The lowest BCUT2D eigenvalue weighted by molar-refractivity contribution is -0.137. The molecule has 0 spiro atoms. The summed E-state index contributed by atoms with van der Waals surface area (Å²) in [7, 11) is 0. The van der Waals surface area contributed by atoms with E-state index in [1.165, 1.54) is 11.0 Å². The predicted molar refractivity (Wildman–Crippen MR) is 91.4 cm³/mol. The summed E-state index contributed by atoms with van der Waals surface area (Å²) in [5, 5.41) is 0. The summed E-state index contributed by atoms with van der Waals surface area (Å²) >= 11 is 0. The number of amides is 1. The number of anilines is 1. The Bertz CT molecular complexity index is 847. The quantitative estimate of drug-likeness (QED) is 0.746. The monoisotopic (exact) mass is 361 g/mol. The van der Waals surface area contributed by atoms with E-state index in [0.717, 1.165) is 36.1 Å². The van der Waals surface area contributed by atoms with Crippen LogP contribution in [0.25, 0.3) is 0 Å². The molecule has 4 rings (SSSR count). The number of fused-ring (bicyclic) bond motifs is 2. The van der Waals surface area contributed by atoms with E-state index in [4.69, 9.17) is 4.74 Å². The van der Waals surface area contributed by atoms with Crippen LogP contribution in [0.4, 0.5) is 18.9 Å². The van der Waals surface area contributed by atoms with E-state index < -0.39 is 11.7 Å². The second-order valence-electron chi connectivity index (χ2n) is 6.66. The van der Waals surface area contributed by atoms with E-state index >= 15 is 0 Å². The van der Waals surface area contributed by atoms with Crippen molar-refractivity contribution in [1.29, 1.82) is 0 Å². The SMILES string of the molecule is O=C(C1CCCc2ccccc21)N1CCOc2ccc(C(F)(F)F)cc21. The third-order valence-corrected chi connectivity index (χ3v) is 5.08. The van der Waals surface area contributed by atoms with Gasteiger partial charge >= 0.3 is 6.18 Å². The summed E-state index contributed by atoms with van der Waals surface area (Å²) in [6, 6.07) is 11.1. The van der Waals surface area contributed by atoms with E-state index in [-0.39, 0.29) is 30.7 Å². The summed E-state index contributed by atoms with van der Waals surface area (Å²) in [5.41, 5.74) is 1.57. The Morgan fingerprint density at radius 2 is 1.96 bits per heavy atom. The minimum Gasteiger partial charge on any atom is -0.490 e. The topological polar surface area (TPSA) is 29.5 Å². The van der Waals surface area contributed by atoms with Crippen molar-refractivity contribution >= 4 is 11.6 Å². The van der Waals surface area contributed by atoms with Crippen LogP contribution in [0.15, 0.2) is 42.5 Å². The van der Waals surface area contributed by atoms with Crippen LogP contribution in [0, 0.1) is 0 Å². The third-order valence-electron chi connectivity index (χ3n) is 5.08. The summed E-state index contributed by atoms with van der Waals surface area (Å²) in [6.45, 7) is 0.532. The first-order chi connectivity index (χ1) is 12.4. The smallest absolute Gasteiger partial charge is 0.416 e. The molecule has 1 amide bonds. The molecule has 0 aromatic heterocycles. The normalized spacial score (nSPS) is 19.3. The molecule has 0 radical (unpaired) electrons. The minimum absolute atomic E-state index is 0.152. The maximum absolute atomic E-state index is 13.2. The van der Waals surface area contributed by atoms with Gasteiger partial charge in [0, 0.05) is 0 Å². The molecule has 0 saturated heterocycles. The van der Waals surface area contributed by atoms with Gasteiger partial charge < -0.3 is 9.64 Å². The van der Waals surface area contributed by atoms with E-state index in [2.05, 4.69) is 0 Å². The number of hydrogen-bond donors (Lipinski definition) is 0. The van der Waals surface area contributed by atoms with Crippen LogP contribution < -0.4 is 9.64 Å². The Hall–Kier alpha value is -2.50. The van der Waals surface area contributed by atoms with Crippen molar-refractivity contribution in [1.82, 2.24) is 0 Å².